The Morgan fingerprint density at radius 2 is 1.68 bits per heavy atom. The minimum absolute atomic E-state index is 0.155. The van der Waals surface area contributed by atoms with Crippen LogP contribution in [0.3, 0.4) is 0 Å². The molecule has 1 unspecified atom stereocenters. The van der Waals surface area contributed by atoms with Gasteiger partial charge in [0.1, 0.15) is 0 Å². The molecule has 0 saturated heterocycles. The Kier molecular flexibility index (Phi) is 5.95. The second-order valence-corrected chi connectivity index (χ2v) is 5.78. The number of ether oxygens (including phenoxy) is 2. The van der Waals surface area contributed by atoms with E-state index >= 15 is 0 Å². The van der Waals surface area contributed by atoms with E-state index in [0.29, 0.717) is 16.6 Å². The summed E-state index contributed by atoms with van der Waals surface area (Å²) in [6.07, 6.45) is 0. The van der Waals surface area contributed by atoms with Crippen LogP contribution in [0.15, 0.2) is 36.4 Å². The Morgan fingerprint density at radius 1 is 0.955 bits per heavy atom. The van der Waals surface area contributed by atoms with Gasteiger partial charge in [-0.25, -0.2) is 0 Å². The van der Waals surface area contributed by atoms with Crippen molar-refractivity contribution in [2.45, 2.75) is 19.5 Å². The fraction of sp³-hybridized carbons (Fsp3) is 0.294. The molecule has 2 aromatic rings. The van der Waals surface area contributed by atoms with Crippen molar-refractivity contribution < 1.29 is 9.47 Å². The molecule has 0 spiro atoms. The third kappa shape index (κ3) is 4.07. The molecule has 1 atom stereocenters. The number of hydrogen-bond acceptors (Lipinski definition) is 3. The number of rotatable bonds is 6. The monoisotopic (exact) mass is 339 g/mol. The molecular formula is C17H19Cl2NO2. The van der Waals surface area contributed by atoms with Crippen LogP contribution in [0.1, 0.15) is 24.1 Å². The predicted molar refractivity (Wildman–Crippen MR) is 91.3 cm³/mol. The van der Waals surface area contributed by atoms with Crippen LogP contribution in [0.2, 0.25) is 10.0 Å². The molecule has 0 bridgehead atoms. The Bertz CT molecular complexity index is 647. The van der Waals surface area contributed by atoms with Crippen LogP contribution in [0, 0.1) is 0 Å². The van der Waals surface area contributed by atoms with Crippen LogP contribution in [-0.4, -0.2) is 14.2 Å². The van der Waals surface area contributed by atoms with Crippen LogP contribution in [0.5, 0.6) is 11.5 Å². The van der Waals surface area contributed by atoms with E-state index in [4.69, 9.17) is 32.7 Å². The van der Waals surface area contributed by atoms with E-state index in [1.54, 1.807) is 14.2 Å². The zero-order chi connectivity index (χ0) is 16.1. The van der Waals surface area contributed by atoms with Crippen molar-refractivity contribution in [1.29, 1.82) is 0 Å². The van der Waals surface area contributed by atoms with Gasteiger partial charge >= 0.3 is 0 Å². The van der Waals surface area contributed by atoms with Crippen molar-refractivity contribution in [3.8, 4) is 11.5 Å². The fourth-order valence-corrected chi connectivity index (χ4v) is 2.47. The van der Waals surface area contributed by atoms with Crippen molar-refractivity contribution in [2.24, 2.45) is 0 Å². The van der Waals surface area contributed by atoms with Crippen LogP contribution in [0.4, 0.5) is 0 Å². The second kappa shape index (κ2) is 7.73. The Labute approximate surface area is 141 Å². The van der Waals surface area contributed by atoms with Crippen molar-refractivity contribution >= 4 is 23.2 Å². The minimum atomic E-state index is 0.155. The van der Waals surface area contributed by atoms with Crippen LogP contribution in [-0.2, 0) is 6.54 Å². The summed E-state index contributed by atoms with van der Waals surface area (Å²) in [4.78, 5) is 0. The zero-order valence-corrected chi connectivity index (χ0v) is 14.3. The topological polar surface area (TPSA) is 30.5 Å². The number of benzene rings is 2. The Hall–Kier alpha value is -1.42. The Balaban J connectivity index is 2.04. The van der Waals surface area contributed by atoms with Gasteiger partial charge < -0.3 is 14.8 Å². The molecular weight excluding hydrogens is 321 g/mol. The molecule has 0 radical (unpaired) electrons. The van der Waals surface area contributed by atoms with E-state index in [9.17, 15) is 0 Å². The maximum absolute atomic E-state index is 6.06. The van der Waals surface area contributed by atoms with Gasteiger partial charge in [0.05, 0.1) is 24.3 Å². The molecule has 0 amide bonds. The average molecular weight is 340 g/mol. The standard InChI is InChI=1S/C17H19Cl2NO2/c1-11(13-5-6-14(18)15(19)9-13)20-10-12-4-7-16(21-2)17(8-12)22-3/h4-9,11,20H,10H2,1-3H3. The molecule has 22 heavy (non-hydrogen) atoms. The average Bonchev–Trinajstić information content (AvgIpc) is 2.54. The molecule has 0 saturated carbocycles. The van der Waals surface area contributed by atoms with Crippen molar-refractivity contribution in [2.75, 3.05) is 14.2 Å². The molecule has 5 heteroatoms. The molecule has 0 aliphatic rings. The molecule has 1 N–H and O–H groups in total. The summed E-state index contributed by atoms with van der Waals surface area (Å²) in [7, 11) is 3.26. The molecule has 2 aromatic carbocycles. The third-order valence-electron chi connectivity index (χ3n) is 3.50. The summed E-state index contributed by atoms with van der Waals surface area (Å²) >= 11 is 12.0. The molecule has 0 heterocycles. The largest absolute Gasteiger partial charge is 0.493 e. The first-order valence-corrected chi connectivity index (χ1v) is 7.70. The van der Waals surface area contributed by atoms with Crippen LogP contribution in [0.25, 0.3) is 0 Å². The molecule has 0 aliphatic heterocycles. The van der Waals surface area contributed by atoms with E-state index < -0.39 is 0 Å². The number of nitrogens with one attached hydrogen (secondary N) is 1. The van der Waals surface area contributed by atoms with Crippen molar-refractivity contribution in [1.82, 2.24) is 5.32 Å². The molecule has 0 aliphatic carbocycles. The summed E-state index contributed by atoms with van der Waals surface area (Å²) in [5.74, 6) is 1.45. The summed E-state index contributed by atoms with van der Waals surface area (Å²) in [5.41, 5.74) is 2.21. The molecule has 118 valence electrons. The van der Waals surface area contributed by atoms with Gasteiger partial charge in [-0.15, -0.1) is 0 Å². The van der Waals surface area contributed by atoms with Gasteiger partial charge in [0.25, 0.3) is 0 Å². The first kappa shape index (κ1) is 16.9. The van der Waals surface area contributed by atoms with Crippen molar-refractivity contribution in [3.63, 3.8) is 0 Å². The first-order chi connectivity index (χ1) is 10.5. The maximum atomic E-state index is 6.06. The SMILES string of the molecule is COc1ccc(CNC(C)c2ccc(Cl)c(Cl)c2)cc1OC. The van der Waals surface area contributed by atoms with Crippen molar-refractivity contribution in [3.05, 3.63) is 57.6 Å². The highest BCUT2D eigenvalue weighted by Gasteiger charge is 2.09. The molecule has 0 aromatic heterocycles. The summed E-state index contributed by atoms with van der Waals surface area (Å²) < 4.78 is 10.6. The minimum Gasteiger partial charge on any atom is -0.493 e. The zero-order valence-electron chi connectivity index (χ0n) is 12.8. The summed E-state index contributed by atoms with van der Waals surface area (Å²) in [5, 5.41) is 4.59. The number of hydrogen-bond donors (Lipinski definition) is 1. The van der Waals surface area contributed by atoms with Crippen LogP contribution >= 0.6 is 23.2 Å². The van der Waals surface area contributed by atoms with E-state index in [0.717, 1.165) is 22.6 Å². The summed E-state index contributed by atoms with van der Waals surface area (Å²) in [6.45, 7) is 2.79. The first-order valence-electron chi connectivity index (χ1n) is 6.94. The van der Waals surface area contributed by atoms with E-state index in [-0.39, 0.29) is 6.04 Å². The summed E-state index contributed by atoms with van der Waals surface area (Å²) in [6, 6.07) is 11.7. The van der Waals surface area contributed by atoms with E-state index in [1.807, 2.05) is 36.4 Å². The van der Waals surface area contributed by atoms with E-state index in [2.05, 4.69) is 12.2 Å². The molecule has 3 nitrogen and oxygen atoms in total. The Morgan fingerprint density at radius 3 is 2.32 bits per heavy atom. The lowest BCUT2D eigenvalue weighted by Gasteiger charge is -2.16. The number of halogens is 2. The maximum Gasteiger partial charge on any atom is 0.161 e. The van der Waals surface area contributed by atoms with Crippen LogP contribution < -0.4 is 14.8 Å². The normalized spacial score (nSPS) is 12.0. The fourth-order valence-electron chi connectivity index (χ4n) is 2.16. The lowest BCUT2D eigenvalue weighted by molar-refractivity contribution is 0.354. The number of methoxy groups -OCH3 is 2. The lowest BCUT2D eigenvalue weighted by Crippen LogP contribution is -2.18. The third-order valence-corrected chi connectivity index (χ3v) is 4.24. The van der Waals surface area contributed by atoms with Gasteiger partial charge in [-0.2, -0.15) is 0 Å². The highest BCUT2D eigenvalue weighted by atomic mass is 35.5. The highest BCUT2D eigenvalue weighted by molar-refractivity contribution is 6.42. The molecule has 2 rings (SSSR count). The van der Waals surface area contributed by atoms with Gasteiger partial charge in [-0.1, -0.05) is 35.3 Å². The lowest BCUT2D eigenvalue weighted by atomic mass is 10.1. The smallest absolute Gasteiger partial charge is 0.161 e. The van der Waals surface area contributed by atoms with Gasteiger partial charge in [0.15, 0.2) is 11.5 Å². The van der Waals surface area contributed by atoms with E-state index in [1.165, 1.54) is 0 Å². The van der Waals surface area contributed by atoms with Gasteiger partial charge in [0.2, 0.25) is 0 Å². The molecule has 0 fully saturated rings. The predicted octanol–water partition coefficient (Wildman–Crippen LogP) is 4.86. The highest BCUT2D eigenvalue weighted by Crippen LogP contribution is 2.28. The van der Waals surface area contributed by atoms with Gasteiger partial charge in [0, 0.05) is 12.6 Å². The quantitative estimate of drug-likeness (QED) is 0.814. The second-order valence-electron chi connectivity index (χ2n) is 4.97. The van der Waals surface area contributed by atoms with Gasteiger partial charge in [-0.05, 0) is 42.3 Å². The van der Waals surface area contributed by atoms with Gasteiger partial charge in [-0.3, -0.25) is 0 Å².